The Hall–Kier alpha value is -0.260. The van der Waals surface area contributed by atoms with Crippen LogP contribution in [0.3, 0.4) is 0 Å². The quantitative estimate of drug-likeness (QED) is 0.536. The summed E-state index contributed by atoms with van der Waals surface area (Å²) in [7, 11) is 0. The largest absolute Gasteiger partial charge is 0.0911 e. The van der Waals surface area contributed by atoms with Gasteiger partial charge in [-0.25, -0.2) is 0 Å². The highest BCUT2D eigenvalue weighted by Crippen LogP contribution is 2.36. The van der Waals surface area contributed by atoms with Gasteiger partial charge in [-0.15, -0.1) is 0 Å². The Labute approximate surface area is 71.7 Å². The zero-order valence-electron chi connectivity index (χ0n) is 8.65. The molecule has 0 fully saturated rings. The van der Waals surface area contributed by atoms with Gasteiger partial charge < -0.3 is 0 Å². The standard InChI is InChI=1S/C11H22/c1-6-9-11(7-2,8-3)10(4)5/h6,9-10H,7-8H2,1-5H3/b9-6-. The van der Waals surface area contributed by atoms with Gasteiger partial charge in [-0.1, -0.05) is 39.8 Å². The third-order valence-electron chi connectivity index (χ3n) is 2.96. The van der Waals surface area contributed by atoms with Crippen LogP contribution in [0, 0.1) is 11.3 Å². The van der Waals surface area contributed by atoms with Gasteiger partial charge in [0.15, 0.2) is 0 Å². The lowest BCUT2D eigenvalue weighted by molar-refractivity contribution is 0.244. The minimum atomic E-state index is 0.453. The number of rotatable bonds is 4. The number of allylic oxidation sites excluding steroid dienone is 2. The molecule has 0 heterocycles. The fourth-order valence-electron chi connectivity index (χ4n) is 1.83. The molecule has 0 heteroatoms. The first-order chi connectivity index (χ1) is 5.13. The monoisotopic (exact) mass is 154 g/mol. The fraction of sp³-hybridized carbons (Fsp3) is 0.818. The lowest BCUT2D eigenvalue weighted by Crippen LogP contribution is -2.22. The second-order valence-electron chi connectivity index (χ2n) is 3.59. The maximum atomic E-state index is 2.37. The van der Waals surface area contributed by atoms with Crippen molar-refractivity contribution in [2.24, 2.45) is 11.3 Å². The Morgan fingerprint density at radius 3 is 1.73 bits per heavy atom. The molecule has 0 nitrogen and oxygen atoms in total. The van der Waals surface area contributed by atoms with Crippen LogP contribution in [0.25, 0.3) is 0 Å². The molecule has 0 aromatic heterocycles. The smallest absolute Gasteiger partial charge is 0.0101 e. The van der Waals surface area contributed by atoms with Gasteiger partial charge in [-0.2, -0.15) is 0 Å². The molecule has 0 saturated carbocycles. The van der Waals surface area contributed by atoms with Crippen molar-refractivity contribution in [3.63, 3.8) is 0 Å². The molecule has 0 aromatic carbocycles. The first kappa shape index (κ1) is 10.7. The summed E-state index contributed by atoms with van der Waals surface area (Å²) in [6.07, 6.45) is 7.07. The average Bonchev–Trinajstić information content (AvgIpc) is 2.00. The zero-order chi connectivity index (χ0) is 8.91. The highest BCUT2D eigenvalue weighted by molar-refractivity contribution is 4.98. The van der Waals surface area contributed by atoms with Crippen molar-refractivity contribution in [3.05, 3.63) is 12.2 Å². The summed E-state index contributed by atoms with van der Waals surface area (Å²) in [5.74, 6) is 0.758. The van der Waals surface area contributed by atoms with Crippen molar-refractivity contribution in [1.82, 2.24) is 0 Å². The predicted molar refractivity (Wildman–Crippen MR) is 52.7 cm³/mol. The highest BCUT2D eigenvalue weighted by atomic mass is 14.3. The van der Waals surface area contributed by atoms with Gasteiger partial charge in [0.25, 0.3) is 0 Å². The molecule has 0 radical (unpaired) electrons. The Bertz CT molecular complexity index is 116. The summed E-state index contributed by atoms with van der Waals surface area (Å²) in [6, 6.07) is 0. The minimum Gasteiger partial charge on any atom is -0.0911 e. The van der Waals surface area contributed by atoms with Gasteiger partial charge in [0, 0.05) is 0 Å². The fourth-order valence-corrected chi connectivity index (χ4v) is 1.83. The van der Waals surface area contributed by atoms with Crippen LogP contribution in [-0.4, -0.2) is 0 Å². The molecule has 0 aromatic rings. The molecule has 66 valence electrons. The molecule has 0 unspecified atom stereocenters. The van der Waals surface area contributed by atoms with Crippen LogP contribution in [-0.2, 0) is 0 Å². The van der Waals surface area contributed by atoms with Crippen LogP contribution in [0.15, 0.2) is 12.2 Å². The Kier molecular flexibility index (Phi) is 4.48. The van der Waals surface area contributed by atoms with Crippen LogP contribution in [0.2, 0.25) is 0 Å². The molecule has 0 saturated heterocycles. The molecule has 0 amide bonds. The molecular weight excluding hydrogens is 132 g/mol. The SMILES string of the molecule is C/C=C\C(CC)(CC)C(C)C. The maximum Gasteiger partial charge on any atom is -0.0101 e. The van der Waals surface area contributed by atoms with E-state index in [4.69, 9.17) is 0 Å². The van der Waals surface area contributed by atoms with Crippen molar-refractivity contribution in [3.8, 4) is 0 Å². The van der Waals surface area contributed by atoms with Crippen LogP contribution in [0.1, 0.15) is 47.5 Å². The van der Waals surface area contributed by atoms with Crippen molar-refractivity contribution in [2.45, 2.75) is 47.5 Å². The molecule has 0 aliphatic rings. The Balaban J connectivity index is 4.46. The molecule has 0 N–H and O–H groups in total. The molecule has 0 rings (SSSR count). The third-order valence-corrected chi connectivity index (χ3v) is 2.96. The topological polar surface area (TPSA) is 0 Å². The molecule has 0 aliphatic heterocycles. The number of hydrogen-bond donors (Lipinski definition) is 0. The second-order valence-corrected chi connectivity index (χ2v) is 3.59. The number of hydrogen-bond acceptors (Lipinski definition) is 0. The summed E-state index contributed by atoms with van der Waals surface area (Å²) in [4.78, 5) is 0. The van der Waals surface area contributed by atoms with E-state index in [0.717, 1.165) is 5.92 Å². The lowest BCUT2D eigenvalue weighted by atomic mass is 9.73. The van der Waals surface area contributed by atoms with Gasteiger partial charge in [0.1, 0.15) is 0 Å². The summed E-state index contributed by atoms with van der Waals surface area (Å²) in [5.41, 5.74) is 0.453. The first-order valence-corrected chi connectivity index (χ1v) is 4.76. The third kappa shape index (κ3) is 2.36. The summed E-state index contributed by atoms with van der Waals surface area (Å²) in [6.45, 7) is 11.3. The van der Waals surface area contributed by atoms with Crippen LogP contribution < -0.4 is 0 Å². The first-order valence-electron chi connectivity index (χ1n) is 4.76. The van der Waals surface area contributed by atoms with Crippen molar-refractivity contribution in [2.75, 3.05) is 0 Å². The van der Waals surface area contributed by atoms with Crippen LogP contribution in [0.4, 0.5) is 0 Å². The molecule has 0 atom stereocenters. The molecular formula is C11H22. The summed E-state index contributed by atoms with van der Waals surface area (Å²) in [5, 5.41) is 0. The summed E-state index contributed by atoms with van der Waals surface area (Å²) >= 11 is 0. The van der Waals surface area contributed by atoms with E-state index in [1.54, 1.807) is 0 Å². The molecule has 11 heavy (non-hydrogen) atoms. The van der Waals surface area contributed by atoms with Crippen LogP contribution in [0.5, 0.6) is 0 Å². The van der Waals surface area contributed by atoms with Crippen molar-refractivity contribution < 1.29 is 0 Å². The van der Waals surface area contributed by atoms with E-state index in [2.05, 4.69) is 46.8 Å². The second kappa shape index (κ2) is 4.58. The van der Waals surface area contributed by atoms with E-state index in [1.165, 1.54) is 12.8 Å². The molecule has 0 aliphatic carbocycles. The van der Waals surface area contributed by atoms with Gasteiger partial charge in [-0.05, 0) is 31.1 Å². The predicted octanol–water partition coefficient (Wildman–Crippen LogP) is 4.02. The molecule has 0 bridgehead atoms. The van der Waals surface area contributed by atoms with Gasteiger partial charge in [-0.3, -0.25) is 0 Å². The minimum absolute atomic E-state index is 0.453. The highest BCUT2D eigenvalue weighted by Gasteiger charge is 2.25. The summed E-state index contributed by atoms with van der Waals surface area (Å²) < 4.78 is 0. The van der Waals surface area contributed by atoms with E-state index < -0.39 is 0 Å². The van der Waals surface area contributed by atoms with Crippen LogP contribution >= 0.6 is 0 Å². The van der Waals surface area contributed by atoms with Gasteiger partial charge in [0.05, 0.1) is 0 Å². The van der Waals surface area contributed by atoms with E-state index >= 15 is 0 Å². The van der Waals surface area contributed by atoms with Gasteiger partial charge in [0.2, 0.25) is 0 Å². The van der Waals surface area contributed by atoms with Crippen molar-refractivity contribution in [1.29, 1.82) is 0 Å². The average molecular weight is 154 g/mol. The Morgan fingerprint density at radius 2 is 1.64 bits per heavy atom. The maximum absolute atomic E-state index is 2.37. The normalized spacial score (nSPS) is 13.3. The van der Waals surface area contributed by atoms with Gasteiger partial charge >= 0.3 is 0 Å². The van der Waals surface area contributed by atoms with E-state index in [0.29, 0.717) is 5.41 Å². The van der Waals surface area contributed by atoms with Crippen molar-refractivity contribution >= 4 is 0 Å². The zero-order valence-corrected chi connectivity index (χ0v) is 8.65. The van der Waals surface area contributed by atoms with E-state index in [-0.39, 0.29) is 0 Å². The van der Waals surface area contributed by atoms with E-state index in [1.807, 2.05) is 0 Å². The molecule has 0 spiro atoms. The lowest BCUT2D eigenvalue weighted by Gasteiger charge is -2.32. The van der Waals surface area contributed by atoms with E-state index in [9.17, 15) is 0 Å². The Morgan fingerprint density at radius 1 is 1.18 bits per heavy atom.